The Hall–Kier alpha value is -2.70. The van der Waals surface area contributed by atoms with E-state index in [4.69, 9.17) is 4.42 Å². The van der Waals surface area contributed by atoms with Gasteiger partial charge in [-0.1, -0.05) is 48.5 Å². The van der Waals surface area contributed by atoms with E-state index in [2.05, 4.69) is 34.5 Å². The van der Waals surface area contributed by atoms with E-state index in [1.54, 1.807) is 12.1 Å². The minimum absolute atomic E-state index is 0.147. The average Bonchev–Trinajstić information content (AvgIpc) is 3.25. The maximum Gasteiger partial charge on any atom is 0.287 e. The number of carbonyl (C=O) groups is 1. The molecule has 6 heteroatoms. The summed E-state index contributed by atoms with van der Waals surface area (Å²) < 4.78 is 18.3. The van der Waals surface area contributed by atoms with Gasteiger partial charge in [0.15, 0.2) is 5.76 Å². The number of hydrogen-bond donors (Lipinski definition) is 1. The van der Waals surface area contributed by atoms with E-state index in [0.717, 1.165) is 42.9 Å². The number of hydrogen-bond acceptors (Lipinski definition) is 4. The van der Waals surface area contributed by atoms with Gasteiger partial charge in [-0.05, 0) is 49.1 Å². The third-order valence-corrected chi connectivity index (χ3v) is 7.16. The first-order valence-corrected chi connectivity index (χ1v) is 12.0. The first-order chi connectivity index (χ1) is 15.1. The van der Waals surface area contributed by atoms with Gasteiger partial charge in [-0.15, -0.1) is 0 Å². The van der Waals surface area contributed by atoms with Crippen LogP contribution in [0.1, 0.15) is 40.3 Å². The fourth-order valence-electron chi connectivity index (χ4n) is 3.93. The van der Waals surface area contributed by atoms with Crippen molar-refractivity contribution in [3.63, 3.8) is 0 Å². The van der Waals surface area contributed by atoms with Crippen LogP contribution in [0, 0.1) is 6.92 Å². The number of piperidine rings is 1. The van der Waals surface area contributed by atoms with Gasteiger partial charge in [-0.25, -0.2) is 0 Å². The molecule has 1 aliphatic heterocycles. The van der Waals surface area contributed by atoms with Gasteiger partial charge in [0.1, 0.15) is 5.76 Å². The van der Waals surface area contributed by atoms with Gasteiger partial charge in [0.05, 0.1) is 16.6 Å². The Morgan fingerprint density at radius 3 is 2.48 bits per heavy atom. The van der Waals surface area contributed by atoms with Gasteiger partial charge in [-0.2, -0.15) is 0 Å². The van der Waals surface area contributed by atoms with Crippen molar-refractivity contribution in [3.05, 3.63) is 89.4 Å². The number of nitrogens with one attached hydrogen (secondary N) is 1. The Labute approximate surface area is 185 Å². The summed E-state index contributed by atoms with van der Waals surface area (Å²) >= 11 is 0. The molecule has 31 heavy (non-hydrogen) atoms. The lowest BCUT2D eigenvalue weighted by Crippen LogP contribution is -2.44. The second kappa shape index (κ2) is 10.1. The van der Waals surface area contributed by atoms with Crippen molar-refractivity contribution in [2.45, 2.75) is 43.0 Å². The molecular weight excluding hydrogens is 408 g/mol. The van der Waals surface area contributed by atoms with Gasteiger partial charge >= 0.3 is 0 Å². The van der Waals surface area contributed by atoms with Crippen LogP contribution in [-0.2, 0) is 23.1 Å². The summed E-state index contributed by atoms with van der Waals surface area (Å²) in [6, 6.07) is 21.6. The third-order valence-electron chi connectivity index (χ3n) is 5.67. The number of amides is 1. The molecule has 0 radical (unpaired) electrons. The van der Waals surface area contributed by atoms with Gasteiger partial charge in [0.25, 0.3) is 5.91 Å². The van der Waals surface area contributed by atoms with E-state index in [1.165, 1.54) is 5.56 Å². The highest BCUT2D eigenvalue weighted by atomic mass is 32.2. The van der Waals surface area contributed by atoms with E-state index < -0.39 is 10.8 Å². The monoisotopic (exact) mass is 436 g/mol. The predicted molar refractivity (Wildman–Crippen MR) is 122 cm³/mol. The number of furan rings is 1. The Bertz CT molecular complexity index is 1040. The fraction of sp³-hybridized carbons (Fsp3) is 0.320. The van der Waals surface area contributed by atoms with Gasteiger partial charge in [0, 0.05) is 30.6 Å². The van der Waals surface area contributed by atoms with Crippen LogP contribution in [0.5, 0.6) is 0 Å². The largest absolute Gasteiger partial charge is 0.455 e. The molecule has 1 atom stereocenters. The van der Waals surface area contributed by atoms with Crippen molar-refractivity contribution < 1.29 is 13.4 Å². The number of likely N-dealkylation sites (tertiary alicyclic amines) is 1. The Kier molecular flexibility index (Phi) is 6.99. The normalized spacial score (nSPS) is 16.2. The first-order valence-electron chi connectivity index (χ1n) is 10.7. The summed E-state index contributed by atoms with van der Waals surface area (Å²) in [4.78, 5) is 15.8. The Morgan fingerprint density at radius 1 is 1.03 bits per heavy atom. The van der Waals surface area contributed by atoms with Crippen LogP contribution in [0.4, 0.5) is 0 Å². The smallest absolute Gasteiger partial charge is 0.287 e. The van der Waals surface area contributed by atoms with Crippen molar-refractivity contribution in [1.29, 1.82) is 0 Å². The molecule has 0 aliphatic carbocycles. The van der Waals surface area contributed by atoms with E-state index in [1.807, 2.05) is 37.3 Å². The molecule has 1 saturated heterocycles. The van der Waals surface area contributed by atoms with Gasteiger partial charge in [0.2, 0.25) is 0 Å². The van der Waals surface area contributed by atoms with Crippen molar-refractivity contribution in [2.75, 3.05) is 13.1 Å². The minimum Gasteiger partial charge on any atom is -0.455 e. The van der Waals surface area contributed by atoms with Crippen LogP contribution < -0.4 is 5.32 Å². The van der Waals surface area contributed by atoms with Crippen LogP contribution in [0.25, 0.3) is 0 Å². The van der Waals surface area contributed by atoms with E-state index in [9.17, 15) is 9.00 Å². The summed E-state index contributed by atoms with van der Waals surface area (Å²) in [6.07, 6.45) is 1.84. The maximum absolute atomic E-state index is 12.6. The maximum atomic E-state index is 12.6. The molecule has 1 amide bonds. The second-order valence-corrected chi connectivity index (χ2v) is 9.45. The Balaban J connectivity index is 1.27. The average molecular weight is 437 g/mol. The first kappa shape index (κ1) is 21.5. The van der Waals surface area contributed by atoms with Gasteiger partial charge in [-0.3, -0.25) is 13.9 Å². The van der Waals surface area contributed by atoms with Crippen molar-refractivity contribution in [1.82, 2.24) is 10.2 Å². The lowest BCUT2D eigenvalue weighted by Gasteiger charge is -2.32. The van der Waals surface area contributed by atoms with Crippen molar-refractivity contribution in [2.24, 2.45) is 0 Å². The lowest BCUT2D eigenvalue weighted by atomic mass is 10.0. The summed E-state index contributed by atoms with van der Waals surface area (Å²) in [7, 11) is -1.20. The molecule has 1 aromatic heterocycles. The number of nitrogens with zero attached hydrogens (tertiary/aromatic N) is 1. The van der Waals surface area contributed by atoms with E-state index >= 15 is 0 Å². The second-order valence-electron chi connectivity index (χ2n) is 8.03. The van der Waals surface area contributed by atoms with Gasteiger partial charge < -0.3 is 9.73 Å². The molecule has 1 aliphatic rings. The quantitative estimate of drug-likeness (QED) is 0.600. The standard InChI is InChI=1S/C25H28N2O3S/c1-19-7-5-6-10-24(19)31(29)18-22-11-12-23(30-22)25(28)26-21-13-15-27(16-14-21)17-20-8-3-2-4-9-20/h2-12,21H,13-18H2,1H3,(H,26,28)/t31-/m0/s1. The van der Waals surface area contributed by atoms with Crippen LogP contribution in [0.2, 0.25) is 0 Å². The summed E-state index contributed by atoms with van der Waals surface area (Å²) in [5.41, 5.74) is 2.31. The van der Waals surface area contributed by atoms with Crippen LogP contribution in [0.15, 0.2) is 76.0 Å². The van der Waals surface area contributed by atoms with E-state index in [-0.39, 0.29) is 23.5 Å². The SMILES string of the molecule is Cc1ccccc1[S@@](=O)Cc1ccc(C(=O)NC2CCN(Cc3ccccc3)CC2)o1. The molecular formula is C25H28N2O3S. The summed E-state index contributed by atoms with van der Waals surface area (Å²) in [5, 5.41) is 3.09. The zero-order chi connectivity index (χ0) is 21.6. The fourth-order valence-corrected chi connectivity index (χ4v) is 5.16. The molecule has 2 heterocycles. The van der Waals surface area contributed by atoms with Crippen molar-refractivity contribution in [3.8, 4) is 0 Å². The molecule has 4 rings (SSSR count). The van der Waals surface area contributed by atoms with Crippen LogP contribution in [0.3, 0.4) is 0 Å². The molecule has 2 aromatic carbocycles. The van der Waals surface area contributed by atoms with E-state index in [0.29, 0.717) is 5.76 Å². The summed E-state index contributed by atoms with van der Waals surface area (Å²) in [6.45, 7) is 4.80. The molecule has 0 bridgehead atoms. The summed E-state index contributed by atoms with van der Waals surface area (Å²) in [5.74, 6) is 0.901. The molecule has 162 valence electrons. The van der Waals surface area contributed by atoms with Crippen LogP contribution in [-0.4, -0.2) is 34.1 Å². The number of aryl methyl sites for hydroxylation is 1. The zero-order valence-corrected chi connectivity index (χ0v) is 18.6. The number of rotatable bonds is 7. The molecule has 0 spiro atoms. The highest BCUT2D eigenvalue weighted by molar-refractivity contribution is 7.84. The topological polar surface area (TPSA) is 62.6 Å². The zero-order valence-electron chi connectivity index (χ0n) is 17.8. The Morgan fingerprint density at radius 2 is 1.74 bits per heavy atom. The lowest BCUT2D eigenvalue weighted by molar-refractivity contribution is 0.0879. The predicted octanol–water partition coefficient (Wildman–Crippen LogP) is 4.29. The molecule has 3 aromatic rings. The van der Waals surface area contributed by atoms with Crippen molar-refractivity contribution >= 4 is 16.7 Å². The highest BCUT2D eigenvalue weighted by Crippen LogP contribution is 2.19. The number of benzene rings is 2. The van der Waals surface area contributed by atoms with Crippen LogP contribution >= 0.6 is 0 Å². The molecule has 5 nitrogen and oxygen atoms in total. The third kappa shape index (κ3) is 5.71. The molecule has 0 unspecified atom stereocenters. The highest BCUT2D eigenvalue weighted by Gasteiger charge is 2.22. The minimum atomic E-state index is -1.20. The molecule has 1 fully saturated rings. The molecule has 0 saturated carbocycles. The number of carbonyl (C=O) groups excluding carboxylic acids is 1. The molecule has 1 N–H and O–H groups in total.